The van der Waals surface area contributed by atoms with Gasteiger partial charge in [-0.25, -0.2) is 12.8 Å². The Labute approximate surface area is 440 Å². The van der Waals surface area contributed by atoms with Gasteiger partial charge in [-0.1, -0.05) is 58.6 Å². The molecule has 16 nitrogen and oxygen atoms in total. The summed E-state index contributed by atoms with van der Waals surface area (Å²) in [6.07, 6.45) is 9.81. The molecule has 4 heterocycles. The van der Waals surface area contributed by atoms with E-state index in [2.05, 4.69) is 64.7 Å². The van der Waals surface area contributed by atoms with Gasteiger partial charge in [-0.2, -0.15) is 5.26 Å². The van der Waals surface area contributed by atoms with Crippen molar-refractivity contribution in [2.24, 2.45) is 28.6 Å². The Bertz CT molecular complexity index is 2720. The van der Waals surface area contributed by atoms with E-state index in [1.54, 1.807) is 67.5 Å². The molecule has 74 heavy (non-hydrogen) atoms. The Morgan fingerprint density at radius 1 is 0.932 bits per heavy atom. The van der Waals surface area contributed by atoms with Crippen molar-refractivity contribution in [3.8, 4) is 29.1 Å². The zero-order valence-corrected chi connectivity index (χ0v) is 44.9. The Hall–Kier alpha value is -5.00. The monoisotopic (exact) mass is 1060 g/mol. The predicted molar refractivity (Wildman–Crippen MR) is 282 cm³/mol. The number of carbonyl (C=O) groups excluding carboxylic acids is 2. The first-order valence-electron chi connectivity index (χ1n) is 26.3. The van der Waals surface area contributed by atoms with Crippen LogP contribution in [-0.2, 0) is 24.3 Å². The molecule has 3 saturated heterocycles. The summed E-state index contributed by atoms with van der Waals surface area (Å²) < 4.78 is 68.7. The van der Waals surface area contributed by atoms with E-state index in [9.17, 15) is 23.3 Å². The molecule has 0 bridgehead atoms. The van der Waals surface area contributed by atoms with Crippen LogP contribution in [0.15, 0.2) is 60.8 Å². The summed E-state index contributed by atoms with van der Waals surface area (Å²) >= 11 is 6.28. The molecule has 4 aliphatic heterocycles. The summed E-state index contributed by atoms with van der Waals surface area (Å²) in [4.78, 5) is 31.1. The van der Waals surface area contributed by atoms with Gasteiger partial charge < -0.3 is 34.5 Å². The molecule has 3 atom stereocenters. The number of anilines is 1. The van der Waals surface area contributed by atoms with E-state index < -0.39 is 21.9 Å². The van der Waals surface area contributed by atoms with Crippen LogP contribution in [0.5, 0.6) is 23.0 Å². The van der Waals surface area contributed by atoms with Gasteiger partial charge in [0.25, 0.3) is 0 Å². The van der Waals surface area contributed by atoms with Crippen LogP contribution in [0.4, 0.5) is 10.1 Å². The summed E-state index contributed by atoms with van der Waals surface area (Å²) in [5.74, 6) is 0.566. The van der Waals surface area contributed by atoms with E-state index in [-0.39, 0.29) is 83.2 Å². The van der Waals surface area contributed by atoms with Crippen LogP contribution >= 0.6 is 11.6 Å². The molecule has 2 amide bonds. The number of carbonyl (C=O) groups is 2. The highest BCUT2D eigenvalue weighted by molar-refractivity contribution is 7.92. The van der Waals surface area contributed by atoms with Crippen molar-refractivity contribution in [3.05, 3.63) is 82.8 Å². The number of halogens is 2. The number of fused-ring (bicyclic) bond motifs is 1. The van der Waals surface area contributed by atoms with Gasteiger partial charge in [-0.3, -0.25) is 29.8 Å². The van der Waals surface area contributed by atoms with Crippen molar-refractivity contribution in [1.29, 1.82) is 5.26 Å². The molecule has 9 rings (SSSR count). The summed E-state index contributed by atoms with van der Waals surface area (Å²) in [5, 5.41) is 23.7. The topological polar surface area (TPSA) is 196 Å². The zero-order valence-electron chi connectivity index (χ0n) is 43.3. The largest absolute Gasteiger partial charge is 0.491 e. The molecule has 6 aliphatic rings. The second kappa shape index (κ2) is 22.3. The number of benzene rings is 3. The summed E-state index contributed by atoms with van der Waals surface area (Å²) in [6, 6.07) is 16.1. The van der Waals surface area contributed by atoms with Gasteiger partial charge in [0.2, 0.25) is 21.8 Å². The number of amides is 2. The van der Waals surface area contributed by atoms with Crippen LogP contribution in [0.25, 0.3) is 5.57 Å². The fraction of sp³-hybridized carbons (Fsp3) is 0.582. The number of piperidine rings is 1. The van der Waals surface area contributed by atoms with Crippen molar-refractivity contribution in [2.75, 3.05) is 56.9 Å². The Balaban J connectivity index is 0.747. The molecular formula is C55H72ClFN8O8S. The van der Waals surface area contributed by atoms with Gasteiger partial charge in [0, 0.05) is 91.6 Å². The van der Waals surface area contributed by atoms with E-state index in [1.807, 2.05) is 0 Å². The third-order valence-electron chi connectivity index (χ3n) is 16.4. The lowest BCUT2D eigenvalue weighted by molar-refractivity contribution is -0.174. The first-order chi connectivity index (χ1) is 35.3. The van der Waals surface area contributed by atoms with Crippen LogP contribution in [0.2, 0.25) is 5.02 Å². The molecule has 19 heteroatoms. The van der Waals surface area contributed by atoms with Gasteiger partial charge in [0.05, 0.1) is 41.0 Å². The molecule has 5 fully saturated rings. The summed E-state index contributed by atoms with van der Waals surface area (Å²) in [7, 11) is -1.89. The molecular weight excluding hydrogens is 987 g/mol. The highest BCUT2D eigenvalue weighted by atomic mass is 35.5. The third kappa shape index (κ3) is 11.5. The van der Waals surface area contributed by atoms with Crippen LogP contribution < -0.4 is 40.2 Å². The average Bonchev–Trinajstić information content (AvgIpc) is 3.87. The Morgan fingerprint density at radius 3 is 2.34 bits per heavy atom. The van der Waals surface area contributed by atoms with Crippen LogP contribution in [0, 0.1) is 45.7 Å². The minimum atomic E-state index is -3.61. The fourth-order valence-corrected chi connectivity index (χ4v) is 13.5. The molecule has 3 aromatic rings. The van der Waals surface area contributed by atoms with E-state index in [0.29, 0.717) is 64.7 Å². The standard InChI is InChI=1S/C55H72ClFN8O8S/c1-7-74(68,69)63-36-14-18-46(40(25-36)42-32-64(6)50(67)48-41(42)28-45(61-48)33-11-9-8-10-12-33)73-47-27-38(16-17-44(47)57)71-24-23-70-37-19-21-65(22-20-37)53-59-30-35(31-60-53)49(66)62-51-54(2,3)52(55(51,4)5)72-39-15-13-34(29-58)43(56)26-39/h13-18,25-27,32-33,35,37,41,45,48,51-53,59-61,63H,7-12,19-24,28,30-31H2,1-6H3,(H,62,66). The van der Waals surface area contributed by atoms with E-state index in [1.165, 1.54) is 31.4 Å². The van der Waals surface area contributed by atoms with E-state index in [4.69, 9.17) is 30.5 Å². The zero-order chi connectivity index (χ0) is 52.5. The number of sulfonamides is 1. The number of likely N-dealkylation sites (tertiary alicyclic amines) is 1. The van der Waals surface area contributed by atoms with Gasteiger partial charge in [0.15, 0.2) is 11.6 Å². The lowest BCUT2D eigenvalue weighted by Crippen LogP contribution is -2.75. The number of likely N-dealkylation sites (N-methyl/N-ethyl adjacent to an activating group) is 1. The minimum absolute atomic E-state index is 0.00347. The van der Waals surface area contributed by atoms with Crippen LogP contribution in [0.1, 0.15) is 97.1 Å². The number of nitriles is 1. The number of nitrogens with one attached hydrogen (secondary N) is 5. The first kappa shape index (κ1) is 53.8. The van der Waals surface area contributed by atoms with E-state index >= 15 is 4.39 Å². The maximum atomic E-state index is 15.6. The smallest absolute Gasteiger partial charge is 0.244 e. The van der Waals surface area contributed by atoms with Crippen LogP contribution in [0.3, 0.4) is 0 Å². The average molecular weight is 1060 g/mol. The highest BCUT2D eigenvalue weighted by Gasteiger charge is 2.64. The number of hydrogen-bond acceptors (Lipinski definition) is 13. The third-order valence-corrected chi connectivity index (χ3v) is 18.0. The molecule has 3 unspecified atom stereocenters. The summed E-state index contributed by atoms with van der Waals surface area (Å²) in [6.45, 7) is 13.2. The Morgan fingerprint density at radius 2 is 1.65 bits per heavy atom. The lowest BCUT2D eigenvalue weighted by Gasteiger charge is -2.63. The number of nitrogens with zero attached hydrogens (tertiary/aromatic N) is 3. The van der Waals surface area contributed by atoms with Crippen molar-refractivity contribution < 1.29 is 41.3 Å². The molecule has 2 aliphatic carbocycles. The highest BCUT2D eigenvalue weighted by Crippen LogP contribution is 2.56. The molecule has 5 N–H and O–H groups in total. The quantitative estimate of drug-likeness (QED) is 0.0831. The predicted octanol–water partition coefficient (Wildman–Crippen LogP) is 7.60. The number of hydrogen-bond donors (Lipinski definition) is 5. The molecule has 0 spiro atoms. The lowest BCUT2D eigenvalue weighted by atomic mass is 9.49. The maximum Gasteiger partial charge on any atom is 0.244 e. The molecule has 3 aromatic carbocycles. The molecule has 0 aromatic heterocycles. The molecule has 2 saturated carbocycles. The second-order valence-electron chi connectivity index (χ2n) is 22.1. The Kier molecular flexibility index (Phi) is 16.2. The summed E-state index contributed by atoms with van der Waals surface area (Å²) in [5.41, 5.74) is 1.42. The maximum absolute atomic E-state index is 15.6. The molecule has 400 valence electrons. The van der Waals surface area contributed by atoms with Gasteiger partial charge in [-0.15, -0.1) is 0 Å². The fourth-order valence-electron chi connectivity index (χ4n) is 12.7. The van der Waals surface area contributed by atoms with Crippen molar-refractivity contribution in [1.82, 2.24) is 31.1 Å². The van der Waals surface area contributed by atoms with Crippen molar-refractivity contribution >= 4 is 44.7 Å². The normalized spacial score (nSPS) is 27.3. The number of ether oxygens (including phenoxy) is 4. The van der Waals surface area contributed by atoms with Crippen molar-refractivity contribution in [3.63, 3.8) is 0 Å². The van der Waals surface area contributed by atoms with Crippen molar-refractivity contribution in [2.45, 2.75) is 123 Å². The van der Waals surface area contributed by atoms with E-state index in [0.717, 1.165) is 50.8 Å². The van der Waals surface area contributed by atoms with Gasteiger partial charge in [-0.05, 0) is 93.0 Å². The van der Waals surface area contributed by atoms with Gasteiger partial charge >= 0.3 is 0 Å². The van der Waals surface area contributed by atoms with Crippen LogP contribution in [-0.4, -0.2) is 119 Å². The minimum Gasteiger partial charge on any atom is -0.491 e. The number of rotatable bonds is 17. The second-order valence-corrected chi connectivity index (χ2v) is 24.6. The SMILES string of the molecule is CCS(=O)(=O)Nc1ccc(Oc2cc(OCCOC3CCN(C4NCC(C(=O)NC5C(C)(C)C(Oc6ccc(C#N)c(Cl)c6)C5(C)C)CN4)CC3)ccc2F)c(C2=CN(C)C(=O)C3NC(C4CCCCC4)CC23)c1. The first-order valence-corrected chi connectivity index (χ1v) is 28.4. The molecule has 0 radical (unpaired) electrons. The van der Waals surface area contributed by atoms with Gasteiger partial charge in [0.1, 0.15) is 42.3 Å².